The lowest BCUT2D eigenvalue weighted by Gasteiger charge is -2.22. The number of halogens is 1. The molecule has 18 heavy (non-hydrogen) atoms. The van der Waals surface area contributed by atoms with Gasteiger partial charge in [0.1, 0.15) is 5.82 Å². The van der Waals surface area contributed by atoms with E-state index in [0.29, 0.717) is 18.1 Å². The molecule has 0 bridgehead atoms. The third kappa shape index (κ3) is 3.78. The Morgan fingerprint density at radius 3 is 2.89 bits per heavy atom. The van der Waals surface area contributed by atoms with E-state index in [9.17, 15) is 9.18 Å². The van der Waals surface area contributed by atoms with Crippen molar-refractivity contribution in [3.63, 3.8) is 0 Å². The Morgan fingerprint density at radius 1 is 1.44 bits per heavy atom. The minimum atomic E-state index is -0.360. The van der Waals surface area contributed by atoms with Gasteiger partial charge < -0.3 is 5.32 Å². The van der Waals surface area contributed by atoms with Gasteiger partial charge in [-0.25, -0.2) is 9.87 Å². The van der Waals surface area contributed by atoms with E-state index in [0.717, 1.165) is 25.9 Å². The van der Waals surface area contributed by atoms with Crippen LogP contribution in [0, 0.1) is 11.7 Å². The average Bonchev–Trinajstić information content (AvgIpc) is 2.40. The quantitative estimate of drug-likeness (QED) is 0.798. The summed E-state index contributed by atoms with van der Waals surface area (Å²) in [4.78, 5) is 16.8. The molecule has 0 spiro atoms. The Kier molecular flexibility index (Phi) is 4.66. The fourth-order valence-corrected chi connectivity index (χ4v) is 1.95. The van der Waals surface area contributed by atoms with Crippen LogP contribution in [-0.4, -0.2) is 25.6 Å². The van der Waals surface area contributed by atoms with Gasteiger partial charge in [-0.2, -0.15) is 0 Å². The molecule has 1 heterocycles. The smallest absolute Gasteiger partial charge is 0.274 e. The average molecular weight is 252 g/mol. The predicted molar refractivity (Wildman–Crippen MR) is 65.4 cm³/mol. The van der Waals surface area contributed by atoms with E-state index in [2.05, 4.69) is 10.8 Å². The van der Waals surface area contributed by atoms with E-state index >= 15 is 0 Å². The maximum atomic E-state index is 12.7. The number of nitrogens with one attached hydrogen (secondary N) is 2. The van der Waals surface area contributed by atoms with E-state index in [-0.39, 0.29) is 11.7 Å². The zero-order valence-electron chi connectivity index (χ0n) is 10.1. The van der Waals surface area contributed by atoms with Crippen LogP contribution in [0.15, 0.2) is 24.3 Å². The van der Waals surface area contributed by atoms with Crippen molar-refractivity contribution in [1.82, 2.24) is 10.8 Å². The zero-order chi connectivity index (χ0) is 12.8. The lowest BCUT2D eigenvalue weighted by molar-refractivity contribution is 0.0128. The summed E-state index contributed by atoms with van der Waals surface area (Å²) in [6.07, 6.45) is 2.25. The molecule has 98 valence electrons. The Bertz CT molecular complexity index is 388. The van der Waals surface area contributed by atoms with Crippen molar-refractivity contribution in [2.75, 3.05) is 19.7 Å². The monoisotopic (exact) mass is 252 g/mol. The fraction of sp³-hybridized carbons (Fsp3) is 0.462. The van der Waals surface area contributed by atoms with Crippen molar-refractivity contribution in [2.24, 2.45) is 5.92 Å². The number of carbonyl (C=O) groups excluding carboxylic acids is 1. The molecule has 1 atom stereocenters. The van der Waals surface area contributed by atoms with Gasteiger partial charge in [0.2, 0.25) is 0 Å². The highest BCUT2D eigenvalue weighted by atomic mass is 19.1. The van der Waals surface area contributed by atoms with Gasteiger partial charge in [0.15, 0.2) is 0 Å². The highest BCUT2D eigenvalue weighted by molar-refractivity contribution is 5.93. The number of hydroxylamine groups is 1. The number of rotatable bonds is 4. The van der Waals surface area contributed by atoms with Gasteiger partial charge in [-0.05, 0) is 49.6 Å². The molecule has 1 saturated heterocycles. The van der Waals surface area contributed by atoms with Gasteiger partial charge in [0.05, 0.1) is 6.61 Å². The molecule has 1 aliphatic rings. The molecule has 1 amide bonds. The third-order valence-electron chi connectivity index (χ3n) is 2.99. The zero-order valence-corrected chi connectivity index (χ0v) is 10.1. The highest BCUT2D eigenvalue weighted by Crippen LogP contribution is 2.09. The van der Waals surface area contributed by atoms with E-state index in [1.165, 1.54) is 24.3 Å². The largest absolute Gasteiger partial charge is 0.316 e. The van der Waals surface area contributed by atoms with E-state index in [1.54, 1.807) is 0 Å². The van der Waals surface area contributed by atoms with Crippen LogP contribution in [0.5, 0.6) is 0 Å². The first-order chi connectivity index (χ1) is 8.75. The van der Waals surface area contributed by atoms with Crippen molar-refractivity contribution in [3.8, 4) is 0 Å². The molecule has 4 nitrogen and oxygen atoms in total. The van der Waals surface area contributed by atoms with Crippen molar-refractivity contribution < 1.29 is 14.0 Å². The molecule has 1 fully saturated rings. The van der Waals surface area contributed by atoms with Crippen LogP contribution in [0.2, 0.25) is 0 Å². The molecule has 0 aliphatic carbocycles. The second-order valence-corrected chi connectivity index (χ2v) is 4.46. The second-order valence-electron chi connectivity index (χ2n) is 4.46. The molecular formula is C13H17FN2O2. The summed E-state index contributed by atoms with van der Waals surface area (Å²) < 4.78 is 12.7. The van der Waals surface area contributed by atoms with Crippen LogP contribution in [0.3, 0.4) is 0 Å². The summed E-state index contributed by atoms with van der Waals surface area (Å²) in [6, 6.07) is 5.35. The highest BCUT2D eigenvalue weighted by Gasteiger charge is 2.14. The maximum Gasteiger partial charge on any atom is 0.274 e. The molecular weight excluding hydrogens is 235 g/mol. The first-order valence-corrected chi connectivity index (χ1v) is 6.14. The van der Waals surface area contributed by atoms with Crippen LogP contribution in [0.4, 0.5) is 4.39 Å². The van der Waals surface area contributed by atoms with Gasteiger partial charge in [-0.1, -0.05) is 0 Å². The number of carbonyl (C=O) groups is 1. The lowest BCUT2D eigenvalue weighted by Crippen LogP contribution is -2.35. The normalized spacial score (nSPS) is 19.5. The molecule has 1 unspecified atom stereocenters. The van der Waals surface area contributed by atoms with Crippen molar-refractivity contribution in [2.45, 2.75) is 12.8 Å². The predicted octanol–water partition coefficient (Wildman–Crippen LogP) is 1.49. The van der Waals surface area contributed by atoms with Crippen LogP contribution in [-0.2, 0) is 4.84 Å². The van der Waals surface area contributed by atoms with Crippen LogP contribution < -0.4 is 10.8 Å². The number of piperidine rings is 1. The van der Waals surface area contributed by atoms with E-state index in [1.807, 2.05) is 0 Å². The van der Waals surface area contributed by atoms with Crippen LogP contribution >= 0.6 is 0 Å². The van der Waals surface area contributed by atoms with Crippen molar-refractivity contribution >= 4 is 5.91 Å². The topological polar surface area (TPSA) is 50.4 Å². The van der Waals surface area contributed by atoms with Gasteiger partial charge in [0.25, 0.3) is 5.91 Å². The molecule has 1 aromatic carbocycles. The maximum absolute atomic E-state index is 12.7. The first-order valence-electron chi connectivity index (χ1n) is 6.14. The number of hydrogen-bond donors (Lipinski definition) is 2. The number of hydrogen-bond acceptors (Lipinski definition) is 3. The molecule has 5 heteroatoms. The molecule has 1 aliphatic heterocycles. The lowest BCUT2D eigenvalue weighted by atomic mass is 10.0. The Labute approximate surface area is 105 Å². The standard InChI is InChI=1S/C13H17FN2O2/c14-12-5-3-11(4-6-12)13(17)16-18-9-10-2-1-7-15-8-10/h3-6,10,15H,1-2,7-9H2,(H,16,17). The molecule has 1 aromatic rings. The minimum absolute atomic E-state index is 0.348. The molecule has 2 rings (SSSR count). The summed E-state index contributed by atoms with van der Waals surface area (Å²) in [5.41, 5.74) is 2.76. The fourth-order valence-electron chi connectivity index (χ4n) is 1.95. The molecule has 2 N–H and O–H groups in total. The number of benzene rings is 1. The molecule has 0 radical (unpaired) electrons. The van der Waals surface area contributed by atoms with Crippen molar-refractivity contribution in [1.29, 1.82) is 0 Å². The SMILES string of the molecule is O=C(NOCC1CCCNC1)c1ccc(F)cc1. The Morgan fingerprint density at radius 2 is 2.22 bits per heavy atom. The number of amides is 1. The van der Waals surface area contributed by atoms with Gasteiger partial charge in [-0.15, -0.1) is 0 Å². The van der Waals surface area contributed by atoms with Crippen LogP contribution in [0.25, 0.3) is 0 Å². The molecule has 0 aromatic heterocycles. The van der Waals surface area contributed by atoms with Gasteiger partial charge >= 0.3 is 0 Å². The summed E-state index contributed by atoms with van der Waals surface area (Å²) >= 11 is 0. The summed E-state index contributed by atoms with van der Waals surface area (Å²) in [5, 5.41) is 3.28. The van der Waals surface area contributed by atoms with Gasteiger partial charge in [-0.3, -0.25) is 9.63 Å². The van der Waals surface area contributed by atoms with E-state index in [4.69, 9.17) is 4.84 Å². The summed E-state index contributed by atoms with van der Waals surface area (Å²) in [7, 11) is 0. The van der Waals surface area contributed by atoms with Crippen molar-refractivity contribution in [3.05, 3.63) is 35.6 Å². The Balaban J connectivity index is 1.72. The summed E-state index contributed by atoms with van der Waals surface area (Å²) in [6.45, 7) is 2.48. The summed E-state index contributed by atoms with van der Waals surface area (Å²) in [5.74, 6) is -0.271. The Hall–Kier alpha value is -1.46. The second kappa shape index (κ2) is 6.47. The third-order valence-corrected chi connectivity index (χ3v) is 2.99. The van der Waals surface area contributed by atoms with Gasteiger partial charge in [0, 0.05) is 12.1 Å². The minimum Gasteiger partial charge on any atom is -0.316 e. The van der Waals surface area contributed by atoms with Crippen LogP contribution in [0.1, 0.15) is 23.2 Å². The molecule has 0 saturated carbocycles. The van der Waals surface area contributed by atoms with E-state index < -0.39 is 0 Å². The first kappa shape index (κ1) is 13.0.